The van der Waals surface area contributed by atoms with Gasteiger partial charge in [0.15, 0.2) is 5.78 Å². The van der Waals surface area contributed by atoms with E-state index in [1.807, 2.05) is 0 Å². The highest BCUT2D eigenvalue weighted by molar-refractivity contribution is 6.32. The Kier molecular flexibility index (Phi) is 5.40. The van der Waals surface area contributed by atoms with E-state index in [9.17, 15) is 4.79 Å². The summed E-state index contributed by atoms with van der Waals surface area (Å²) in [7, 11) is 1.56. The monoisotopic (exact) mass is 297 g/mol. The molecule has 1 aliphatic heterocycles. The highest BCUT2D eigenvalue weighted by Gasteiger charge is 2.24. The number of hydrogen-bond acceptors (Lipinski definition) is 4. The van der Waals surface area contributed by atoms with E-state index in [1.54, 1.807) is 25.3 Å². The molecule has 2 rings (SSSR count). The van der Waals surface area contributed by atoms with Crippen LogP contribution in [0.1, 0.15) is 23.7 Å². The van der Waals surface area contributed by atoms with E-state index >= 15 is 0 Å². The Labute approximate surface area is 124 Å². The Hall–Kier alpha value is -1.10. The fourth-order valence-electron chi connectivity index (χ4n) is 2.39. The van der Waals surface area contributed by atoms with Crippen LogP contribution in [-0.2, 0) is 4.74 Å². The summed E-state index contributed by atoms with van der Waals surface area (Å²) >= 11 is 6.06. The van der Waals surface area contributed by atoms with Crippen molar-refractivity contribution in [2.45, 2.75) is 19.4 Å². The van der Waals surface area contributed by atoms with Crippen molar-refractivity contribution in [1.82, 2.24) is 4.90 Å². The zero-order chi connectivity index (χ0) is 14.5. The maximum absolute atomic E-state index is 12.3. The largest absolute Gasteiger partial charge is 0.495 e. The quantitative estimate of drug-likeness (QED) is 0.783. The van der Waals surface area contributed by atoms with Gasteiger partial charge in [0.1, 0.15) is 5.75 Å². The fourth-order valence-corrected chi connectivity index (χ4v) is 2.65. The van der Waals surface area contributed by atoms with Crippen LogP contribution in [0, 0.1) is 0 Å². The second-order valence-corrected chi connectivity index (χ2v) is 5.29. The van der Waals surface area contributed by atoms with Gasteiger partial charge < -0.3 is 9.47 Å². The first-order valence-electron chi connectivity index (χ1n) is 6.84. The number of ether oxygens (including phenoxy) is 2. The van der Waals surface area contributed by atoms with Crippen LogP contribution in [0.15, 0.2) is 18.2 Å². The number of Topliss-reactive ketones (excluding diaryl/α,β-unsaturated/α-hetero) is 1. The third kappa shape index (κ3) is 3.51. The van der Waals surface area contributed by atoms with Crippen molar-refractivity contribution in [2.24, 2.45) is 0 Å². The molecule has 1 heterocycles. The molecule has 5 heteroatoms. The number of carbonyl (C=O) groups excluding carboxylic acids is 1. The summed E-state index contributed by atoms with van der Waals surface area (Å²) in [5.41, 5.74) is 0.622. The number of hydrogen-bond donors (Lipinski definition) is 0. The molecule has 0 N–H and O–H groups in total. The average molecular weight is 298 g/mol. The summed E-state index contributed by atoms with van der Waals surface area (Å²) in [5, 5.41) is 0.465. The highest BCUT2D eigenvalue weighted by Crippen LogP contribution is 2.25. The lowest BCUT2D eigenvalue weighted by Gasteiger charge is -2.34. The summed E-state index contributed by atoms with van der Waals surface area (Å²) in [6, 6.07) is 5.48. The molecule has 1 unspecified atom stereocenters. The molecule has 1 atom stereocenters. The summed E-state index contributed by atoms with van der Waals surface area (Å²) in [6.07, 6.45) is 0.983. The Bertz CT molecular complexity index is 478. The molecule has 0 amide bonds. The number of morpholine rings is 1. The normalized spacial score (nSPS) is 19.9. The molecule has 1 aliphatic rings. The van der Waals surface area contributed by atoms with Crippen LogP contribution < -0.4 is 4.74 Å². The minimum atomic E-state index is 0.0786. The first kappa shape index (κ1) is 15.3. The average Bonchev–Trinajstić information content (AvgIpc) is 2.47. The van der Waals surface area contributed by atoms with Crippen molar-refractivity contribution >= 4 is 17.4 Å². The van der Waals surface area contributed by atoms with Crippen LogP contribution in [0.25, 0.3) is 0 Å². The van der Waals surface area contributed by atoms with Gasteiger partial charge in [-0.3, -0.25) is 9.69 Å². The lowest BCUT2D eigenvalue weighted by molar-refractivity contribution is -0.00585. The van der Waals surface area contributed by atoms with Gasteiger partial charge in [-0.2, -0.15) is 0 Å². The molecule has 0 aliphatic carbocycles. The molecule has 0 spiro atoms. The van der Waals surface area contributed by atoms with E-state index in [1.165, 1.54) is 0 Å². The van der Waals surface area contributed by atoms with Gasteiger partial charge >= 0.3 is 0 Å². The molecular formula is C15H20ClNO3. The number of carbonyl (C=O) groups is 1. The van der Waals surface area contributed by atoms with Gasteiger partial charge in [0.25, 0.3) is 0 Å². The third-order valence-corrected chi connectivity index (χ3v) is 3.94. The van der Waals surface area contributed by atoms with Gasteiger partial charge in [-0.25, -0.2) is 0 Å². The van der Waals surface area contributed by atoms with Crippen molar-refractivity contribution in [1.29, 1.82) is 0 Å². The number of methoxy groups -OCH3 is 1. The van der Waals surface area contributed by atoms with E-state index in [0.29, 0.717) is 42.1 Å². The van der Waals surface area contributed by atoms with Crippen LogP contribution in [0.3, 0.4) is 0 Å². The minimum absolute atomic E-state index is 0.0786. The second-order valence-electron chi connectivity index (χ2n) is 4.88. The smallest absolute Gasteiger partial charge is 0.176 e. The van der Waals surface area contributed by atoms with Gasteiger partial charge in [-0.1, -0.05) is 18.5 Å². The Morgan fingerprint density at radius 3 is 3.00 bits per heavy atom. The lowest BCUT2D eigenvalue weighted by Crippen LogP contribution is -2.47. The van der Waals surface area contributed by atoms with Gasteiger partial charge in [-0.15, -0.1) is 0 Å². The van der Waals surface area contributed by atoms with E-state index in [4.69, 9.17) is 21.1 Å². The van der Waals surface area contributed by atoms with Gasteiger partial charge in [0.05, 0.1) is 31.9 Å². The molecule has 0 saturated carbocycles. The highest BCUT2D eigenvalue weighted by atomic mass is 35.5. The van der Waals surface area contributed by atoms with Gasteiger partial charge in [0, 0.05) is 18.2 Å². The van der Waals surface area contributed by atoms with Crippen molar-refractivity contribution in [2.75, 3.05) is 33.4 Å². The predicted octanol–water partition coefficient (Wildman–Crippen LogP) is 2.64. The summed E-state index contributed by atoms with van der Waals surface area (Å²) in [5.74, 6) is 0.663. The van der Waals surface area contributed by atoms with Crippen molar-refractivity contribution in [3.05, 3.63) is 28.8 Å². The molecule has 4 nitrogen and oxygen atoms in total. The molecule has 0 radical (unpaired) electrons. The van der Waals surface area contributed by atoms with Crippen LogP contribution >= 0.6 is 11.6 Å². The first-order valence-corrected chi connectivity index (χ1v) is 7.22. The Morgan fingerprint density at radius 1 is 1.55 bits per heavy atom. The van der Waals surface area contributed by atoms with Crippen LogP contribution in [-0.4, -0.2) is 50.1 Å². The molecule has 1 fully saturated rings. The standard InChI is InChI=1S/C15H20ClNO3/c1-3-12-10-20-7-6-17(12)9-14(18)11-4-5-15(19-2)13(16)8-11/h4-5,8,12H,3,6-7,9-10H2,1-2H3. The lowest BCUT2D eigenvalue weighted by atomic mass is 10.1. The number of nitrogens with zero attached hydrogens (tertiary/aromatic N) is 1. The summed E-state index contributed by atoms with van der Waals surface area (Å²) in [4.78, 5) is 14.5. The van der Waals surface area contributed by atoms with E-state index in [-0.39, 0.29) is 5.78 Å². The summed E-state index contributed by atoms with van der Waals surface area (Å²) in [6.45, 7) is 4.71. The molecular weight excluding hydrogens is 278 g/mol. The summed E-state index contributed by atoms with van der Waals surface area (Å²) < 4.78 is 10.5. The number of ketones is 1. The van der Waals surface area contributed by atoms with E-state index in [2.05, 4.69) is 11.8 Å². The van der Waals surface area contributed by atoms with Crippen LogP contribution in [0.2, 0.25) is 5.02 Å². The van der Waals surface area contributed by atoms with Crippen molar-refractivity contribution < 1.29 is 14.3 Å². The number of halogens is 1. The minimum Gasteiger partial charge on any atom is -0.495 e. The van der Waals surface area contributed by atoms with Crippen LogP contribution in [0.4, 0.5) is 0 Å². The molecule has 0 bridgehead atoms. The maximum atomic E-state index is 12.3. The van der Waals surface area contributed by atoms with Crippen molar-refractivity contribution in [3.63, 3.8) is 0 Å². The molecule has 110 valence electrons. The van der Waals surface area contributed by atoms with Gasteiger partial charge in [0.2, 0.25) is 0 Å². The van der Waals surface area contributed by atoms with E-state index in [0.717, 1.165) is 13.0 Å². The second kappa shape index (κ2) is 7.07. The van der Waals surface area contributed by atoms with Crippen LogP contribution in [0.5, 0.6) is 5.75 Å². The zero-order valence-corrected chi connectivity index (χ0v) is 12.7. The molecule has 1 saturated heterocycles. The molecule has 1 aromatic carbocycles. The topological polar surface area (TPSA) is 38.8 Å². The maximum Gasteiger partial charge on any atom is 0.176 e. The van der Waals surface area contributed by atoms with Crippen molar-refractivity contribution in [3.8, 4) is 5.75 Å². The predicted molar refractivity (Wildman–Crippen MR) is 78.8 cm³/mol. The van der Waals surface area contributed by atoms with E-state index < -0.39 is 0 Å². The SMILES string of the molecule is CCC1COCCN1CC(=O)c1ccc(OC)c(Cl)c1. The zero-order valence-electron chi connectivity index (χ0n) is 11.9. The number of rotatable bonds is 5. The Morgan fingerprint density at radius 2 is 2.35 bits per heavy atom. The number of benzene rings is 1. The van der Waals surface area contributed by atoms with Gasteiger partial charge in [-0.05, 0) is 24.6 Å². The molecule has 1 aromatic rings. The molecule has 0 aromatic heterocycles. The Balaban J connectivity index is 2.05. The first-order chi connectivity index (χ1) is 9.65. The molecule has 20 heavy (non-hydrogen) atoms. The fraction of sp³-hybridized carbons (Fsp3) is 0.533. The third-order valence-electron chi connectivity index (χ3n) is 3.64.